The van der Waals surface area contributed by atoms with Crippen LogP contribution >= 0.6 is 15.9 Å². The van der Waals surface area contributed by atoms with Crippen LogP contribution in [0.1, 0.15) is 5.76 Å². The van der Waals surface area contributed by atoms with E-state index in [2.05, 4.69) is 25.9 Å². The molecule has 0 amide bonds. The normalized spacial score (nSPS) is 10.4. The lowest BCUT2D eigenvalue weighted by Crippen LogP contribution is -1.95. The number of aromatic nitrogens is 2. The molecule has 2 aromatic rings. The number of hydrogen-bond acceptors (Lipinski definition) is 4. The van der Waals surface area contributed by atoms with Gasteiger partial charge >= 0.3 is 0 Å². The maximum absolute atomic E-state index is 5.49. The zero-order valence-electron chi connectivity index (χ0n) is 7.49. The predicted molar refractivity (Wildman–Crippen MR) is 56.6 cm³/mol. The molecule has 2 rings (SSSR count). The van der Waals surface area contributed by atoms with Crippen LogP contribution in [0.15, 0.2) is 27.2 Å². The molecule has 0 fully saturated rings. The lowest BCUT2D eigenvalue weighted by molar-refractivity contribution is 0.546. The summed E-state index contributed by atoms with van der Waals surface area (Å²) >= 11 is 3.34. The summed E-state index contributed by atoms with van der Waals surface area (Å²) in [7, 11) is 0. The van der Waals surface area contributed by atoms with Crippen molar-refractivity contribution in [2.45, 2.75) is 6.92 Å². The first kappa shape index (κ1) is 9.21. The van der Waals surface area contributed by atoms with Crippen molar-refractivity contribution in [2.75, 3.05) is 5.73 Å². The second-order valence-electron chi connectivity index (χ2n) is 2.84. The average Bonchev–Trinajstić information content (AvgIpc) is 2.56. The molecule has 0 aromatic carbocycles. The second-order valence-corrected chi connectivity index (χ2v) is 3.69. The summed E-state index contributed by atoms with van der Waals surface area (Å²) in [6.07, 6.45) is 1.61. The van der Waals surface area contributed by atoms with E-state index in [0.29, 0.717) is 11.5 Å². The van der Waals surface area contributed by atoms with Gasteiger partial charge in [-0.05, 0) is 35.0 Å². The smallest absolute Gasteiger partial charge is 0.220 e. The molecular weight excluding hydrogens is 246 g/mol. The molecule has 0 unspecified atom stereocenters. The maximum atomic E-state index is 5.49. The van der Waals surface area contributed by atoms with Crippen LogP contribution in [0.3, 0.4) is 0 Å². The summed E-state index contributed by atoms with van der Waals surface area (Å²) in [5.74, 6) is 1.75. The van der Waals surface area contributed by atoms with Gasteiger partial charge in [-0.2, -0.15) is 0 Å². The molecule has 0 aliphatic carbocycles. The van der Waals surface area contributed by atoms with Gasteiger partial charge in [0.1, 0.15) is 11.5 Å². The number of hydrogen-bond donors (Lipinski definition) is 1. The summed E-state index contributed by atoms with van der Waals surface area (Å²) in [6, 6.07) is 3.72. The third-order valence-corrected chi connectivity index (χ3v) is 2.32. The minimum atomic E-state index is 0.234. The van der Waals surface area contributed by atoms with Crippen LogP contribution in [0.2, 0.25) is 0 Å². The summed E-state index contributed by atoms with van der Waals surface area (Å²) in [6.45, 7) is 1.88. The highest BCUT2D eigenvalue weighted by Crippen LogP contribution is 2.27. The molecule has 0 spiro atoms. The van der Waals surface area contributed by atoms with E-state index in [1.807, 2.05) is 19.1 Å². The Bertz CT molecular complexity index is 467. The molecule has 0 saturated carbocycles. The van der Waals surface area contributed by atoms with E-state index < -0.39 is 0 Å². The van der Waals surface area contributed by atoms with E-state index in [0.717, 1.165) is 10.2 Å². The quantitative estimate of drug-likeness (QED) is 0.848. The van der Waals surface area contributed by atoms with Crippen molar-refractivity contribution >= 4 is 21.9 Å². The third-order valence-electron chi connectivity index (χ3n) is 1.74. The standard InChI is InChI=1S/C9H8BrN3O/c1-5-2-3-7(14-5)8-6(10)4-12-9(11)13-8/h2-4H,1H3,(H2,11,12,13). The number of rotatable bonds is 1. The predicted octanol–water partition coefficient (Wildman–Crippen LogP) is 2.39. The Balaban J connectivity index is 2.55. The number of halogens is 1. The fourth-order valence-corrected chi connectivity index (χ4v) is 1.50. The molecule has 0 aliphatic heterocycles. The van der Waals surface area contributed by atoms with Crippen LogP contribution in [0.4, 0.5) is 5.95 Å². The second kappa shape index (κ2) is 3.42. The number of nitrogen functional groups attached to an aromatic ring is 1. The summed E-state index contributed by atoms with van der Waals surface area (Å²) < 4.78 is 6.19. The Hall–Kier alpha value is -1.36. The number of nitrogens with zero attached hydrogens (tertiary/aromatic N) is 2. The van der Waals surface area contributed by atoms with Crippen molar-refractivity contribution in [3.8, 4) is 11.5 Å². The summed E-state index contributed by atoms with van der Waals surface area (Å²) in [4.78, 5) is 7.93. The van der Waals surface area contributed by atoms with Gasteiger partial charge in [-0.25, -0.2) is 9.97 Å². The Labute approximate surface area is 89.3 Å². The summed E-state index contributed by atoms with van der Waals surface area (Å²) in [5, 5.41) is 0. The molecule has 2 N–H and O–H groups in total. The number of anilines is 1. The Kier molecular flexibility index (Phi) is 2.25. The molecule has 2 aromatic heterocycles. The van der Waals surface area contributed by atoms with E-state index in [1.165, 1.54) is 0 Å². The van der Waals surface area contributed by atoms with E-state index in [-0.39, 0.29) is 5.95 Å². The average molecular weight is 254 g/mol. The minimum Gasteiger partial charge on any atom is -0.460 e. The molecular formula is C9H8BrN3O. The van der Waals surface area contributed by atoms with Crippen molar-refractivity contribution in [3.05, 3.63) is 28.6 Å². The zero-order chi connectivity index (χ0) is 10.1. The number of aryl methyl sites for hydroxylation is 1. The van der Waals surface area contributed by atoms with Crippen molar-refractivity contribution < 1.29 is 4.42 Å². The summed E-state index contributed by atoms with van der Waals surface area (Å²) in [5.41, 5.74) is 6.16. The van der Waals surface area contributed by atoms with Crippen LogP contribution in [0, 0.1) is 6.92 Å². The molecule has 0 radical (unpaired) electrons. The van der Waals surface area contributed by atoms with Crippen LogP contribution in [-0.4, -0.2) is 9.97 Å². The molecule has 0 atom stereocenters. The first-order chi connectivity index (χ1) is 6.66. The van der Waals surface area contributed by atoms with Crippen molar-refractivity contribution in [3.63, 3.8) is 0 Å². The van der Waals surface area contributed by atoms with Crippen LogP contribution < -0.4 is 5.73 Å². The van der Waals surface area contributed by atoms with Crippen LogP contribution in [-0.2, 0) is 0 Å². The molecule has 0 aliphatic rings. The lowest BCUT2D eigenvalue weighted by atomic mass is 10.3. The Morgan fingerprint density at radius 2 is 2.21 bits per heavy atom. The third kappa shape index (κ3) is 1.63. The van der Waals surface area contributed by atoms with Crippen molar-refractivity contribution in [1.29, 1.82) is 0 Å². The zero-order valence-corrected chi connectivity index (χ0v) is 9.08. The first-order valence-electron chi connectivity index (χ1n) is 4.01. The molecule has 0 saturated heterocycles. The number of nitrogens with two attached hydrogens (primary N) is 1. The fourth-order valence-electron chi connectivity index (χ4n) is 1.12. The highest BCUT2D eigenvalue weighted by atomic mass is 79.9. The molecule has 2 heterocycles. The highest BCUT2D eigenvalue weighted by Gasteiger charge is 2.09. The van der Waals surface area contributed by atoms with Crippen LogP contribution in [0.5, 0.6) is 0 Å². The lowest BCUT2D eigenvalue weighted by Gasteiger charge is -1.99. The van der Waals surface area contributed by atoms with Gasteiger partial charge in [0, 0.05) is 6.20 Å². The Morgan fingerprint density at radius 1 is 1.43 bits per heavy atom. The topological polar surface area (TPSA) is 64.9 Å². The van der Waals surface area contributed by atoms with E-state index in [4.69, 9.17) is 10.2 Å². The SMILES string of the molecule is Cc1ccc(-c2nc(N)ncc2Br)o1. The van der Waals surface area contributed by atoms with Gasteiger partial charge in [-0.15, -0.1) is 0 Å². The highest BCUT2D eigenvalue weighted by molar-refractivity contribution is 9.10. The van der Waals surface area contributed by atoms with Gasteiger partial charge < -0.3 is 10.2 Å². The van der Waals surface area contributed by atoms with Crippen molar-refractivity contribution in [2.24, 2.45) is 0 Å². The maximum Gasteiger partial charge on any atom is 0.220 e. The van der Waals surface area contributed by atoms with E-state index in [9.17, 15) is 0 Å². The molecule has 0 bridgehead atoms. The first-order valence-corrected chi connectivity index (χ1v) is 4.81. The van der Waals surface area contributed by atoms with Gasteiger partial charge in [0.25, 0.3) is 0 Å². The molecule has 5 heteroatoms. The monoisotopic (exact) mass is 253 g/mol. The van der Waals surface area contributed by atoms with Gasteiger partial charge in [-0.1, -0.05) is 0 Å². The molecule has 72 valence electrons. The van der Waals surface area contributed by atoms with Crippen molar-refractivity contribution in [1.82, 2.24) is 9.97 Å². The van der Waals surface area contributed by atoms with Gasteiger partial charge in [0.2, 0.25) is 5.95 Å². The molecule has 14 heavy (non-hydrogen) atoms. The number of furan rings is 1. The molecule has 4 nitrogen and oxygen atoms in total. The fraction of sp³-hybridized carbons (Fsp3) is 0.111. The van der Waals surface area contributed by atoms with E-state index in [1.54, 1.807) is 6.20 Å². The van der Waals surface area contributed by atoms with Gasteiger partial charge in [0.15, 0.2) is 5.76 Å². The van der Waals surface area contributed by atoms with E-state index >= 15 is 0 Å². The minimum absolute atomic E-state index is 0.234. The van der Waals surface area contributed by atoms with Gasteiger partial charge in [0.05, 0.1) is 4.47 Å². The van der Waals surface area contributed by atoms with Crippen LogP contribution in [0.25, 0.3) is 11.5 Å². The van der Waals surface area contributed by atoms with Gasteiger partial charge in [-0.3, -0.25) is 0 Å². The Morgan fingerprint density at radius 3 is 2.86 bits per heavy atom. The largest absolute Gasteiger partial charge is 0.460 e.